The van der Waals surface area contributed by atoms with Crippen molar-refractivity contribution >= 4 is 17.5 Å². The number of methoxy groups -OCH3 is 2. The van der Waals surface area contributed by atoms with Crippen LogP contribution in [0.2, 0.25) is 5.02 Å². The summed E-state index contributed by atoms with van der Waals surface area (Å²) in [7, 11) is 3.23. The number of ether oxygens (including phenoxy) is 2. The molecular weight excluding hydrogens is 455 g/mol. The fourth-order valence-corrected chi connectivity index (χ4v) is 4.85. The Bertz CT molecular complexity index is 1190. The summed E-state index contributed by atoms with van der Waals surface area (Å²) in [4.78, 5) is 15.3. The molecule has 0 aliphatic carbocycles. The van der Waals surface area contributed by atoms with E-state index in [2.05, 4.69) is 10.2 Å². The normalized spacial score (nSPS) is 16.4. The van der Waals surface area contributed by atoms with Crippen molar-refractivity contribution in [2.45, 2.75) is 32.0 Å². The van der Waals surface area contributed by atoms with Crippen LogP contribution in [0.3, 0.4) is 0 Å². The lowest BCUT2D eigenvalue weighted by atomic mass is 9.87. The van der Waals surface area contributed by atoms with Crippen LogP contribution in [0, 0.1) is 5.82 Å². The number of rotatable bonds is 7. The molecule has 0 aromatic heterocycles. The van der Waals surface area contributed by atoms with Crippen molar-refractivity contribution in [2.24, 2.45) is 0 Å². The Morgan fingerprint density at radius 1 is 1.12 bits per heavy atom. The van der Waals surface area contributed by atoms with Crippen LogP contribution in [-0.2, 0) is 13.0 Å². The van der Waals surface area contributed by atoms with Crippen LogP contribution in [0.25, 0.3) is 0 Å². The third-order valence-electron chi connectivity index (χ3n) is 6.22. The molecule has 5 nitrogen and oxygen atoms in total. The monoisotopic (exact) mass is 482 g/mol. The molecule has 0 saturated heterocycles. The highest BCUT2D eigenvalue weighted by atomic mass is 35.5. The van der Waals surface area contributed by atoms with E-state index in [4.69, 9.17) is 21.1 Å². The van der Waals surface area contributed by atoms with Crippen molar-refractivity contribution in [3.63, 3.8) is 0 Å². The molecule has 2 atom stereocenters. The first-order valence-electron chi connectivity index (χ1n) is 11.2. The van der Waals surface area contributed by atoms with Crippen LogP contribution < -0.4 is 14.8 Å². The highest BCUT2D eigenvalue weighted by Gasteiger charge is 2.34. The first-order valence-corrected chi connectivity index (χ1v) is 11.6. The molecule has 1 N–H and O–H groups in total. The zero-order valence-corrected chi connectivity index (χ0v) is 20.2. The molecule has 3 aromatic rings. The van der Waals surface area contributed by atoms with Crippen LogP contribution in [0.15, 0.2) is 60.7 Å². The topological polar surface area (TPSA) is 50.8 Å². The van der Waals surface area contributed by atoms with Crippen LogP contribution in [-0.4, -0.2) is 37.6 Å². The molecule has 1 heterocycles. The molecule has 4 rings (SSSR count). The second-order valence-corrected chi connectivity index (χ2v) is 8.91. The molecular formula is C27H28ClFN2O3. The molecule has 0 fully saturated rings. The third-order valence-corrected chi connectivity index (χ3v) is 6.45. The molecule has 2 unspecified atom stereocenters. The number of benzene rings is 3. The number of nitrogens with zero attached hydrogens (tertiary/aromatic N) is 1. The molecule has 178 valence electrons. The molecule has 0 radical (unpaired) electrons. The maximum atomic E-state index is 13.9. The number of nitrogens with one attached hydrogen (secondary N) is 1. The summed E-state index contributed by atoms with van der Waals surface area (Å²) >= 11 is 6.08. The number of amides is 1. The maximum absolute atomic E-state index is 13.9. The SMILES string of the molecule is COc1cc2c(cc1OC)C(C(C)NC(=O)c1cccc(Cl)c1)N(Cc1cccc(F)c1)CC2. The van der Waals surface area contributed by atoms with E-state index in [1.54, 1.807) is 50.6 Å². The minimum absolute atomic E-state index is 0.157. The van der Waals surface area contributed by atoms with Gasteiger partial charge in [0.15, 0.2) is 11.5 Å². The van der Waals surface area contributed by atoms with Crippen LogP contribution in [0.5, 0.6) is 11.5 Å². The lowest BCUT2D eigenvalue weighted by molar-refractivity contribution is 0.0877. The van der Waals surface area contributed by atoms with Gasteiger partial charge >= 0.3 is 0 Å². The molecule has 34 heavy (non-hydrogen) atoms. The molecule has 0 saturated carbocycles. The summed E-state index contributed by atoms with van der Waals surface area (Å²) < 4.78 is 24.9. The van der Waals surface area contributed by atoms with Crippen molar-refractivity contribution in [1.82, 2.24) is 10.2 Å². The average molecular weight is 483 g/mol. The molecule has 1 aliphatic rings. The minimum atomic E-state index is -0.264. The second kappa shape index (κ2) is 10.5. The largest absolute Gasteiger partial charge is 0.493 e. The summed E-state index contributed by atoms with van der Waals surface area (Å²) in [5, 5.41) is 3.65. The summed E-state index contributed by atoms with van der Waals surface area (Å²) in [6.45, 7) is 3.28. The molecule has 0 spiro atoms. The fourth-order valence-electron chi connectivity index (χ4n) is 4.66. The standard InChI is InChI=1S/C27H28ClFN2O3/c1-17(30-27(32)20-7-5-8-21(28)13-20)26-23-15-25(34-3)24(33-2)14-19(23)10-11-31(26)16-18-6-4-9-22(29)12-18/h4-9,12-15,17,26H,10-11,16H2,1-3H3,(H,30,32). The fraction of sp³-hybridized carbons (Fsp3) is 0.296. The van der Waals surface area contributed by atoms with E-state index in [-0.39, 0.29) is 23.8 Å². The second-order valence-electron chi connectivity index (χ2n) is 8.47. The predicted molar refractivity (Wildman–Crippen MR) is 131 cm³/mol. The maximum Gasteiger partial charge on any atom is 0.251 e. The Labute approximate surface area is 204 Å². The number of carbonyl (C=O) groups excluding carboxylic acids is 1. The van der Waals surface area contributed by atoms with Gasteiger partial charge in [0.1, 0.15) is 5.82 Å². The Morgan fingerprint density at radius 3 is 2.56 bits per heavy atom. The van der Waals surface area contributed by atoms with Crippen molar-refractivity contribution in [2.75, 3.05) is 20.8 Å². The average Bonchev–Trinajstić information content (AvgIpc) is 2.82. The number of fused-ring (bicyclic) bond motifs is 1. The first kappa shape index (κ1) is 24.0. The minimum Gasteiger partial charge on any atom is -0.493 e. The van der Waals surface area contributed by atoms with Gasteiger partial charge in [0.05, 0.1) is 20.3 Å². The zero-order valence-electron chi connectivity index (χ0n) is 19.5. The van der Waals surface area contributed by atoms with Crippen molar-refractivity contribution in [1.29, 1.82) is 0 Å². The van der Waals surface area contributed by atoms with E-state index in [1.807, 2.05) is 25.1 Å². The summed E-state index contributed by atoms with van der Waals surface area (Å²) in [5.74, 6) is 0.842. The summed E-state index contributed by atoms with van der Waals surface area (Å²) in [5.41, 5.74) is 3.57. The Kier molecular flexibility index (Phi) is 7.39. The van der Waals surface area contributed by atoms with Gasteiger partial charge in [-0.2, -0.15) is 0 Å². The van der Waals surface area contributed by atoms with Crippen molar-refractivity contribution in [3.8, 4) is 11.5 Å². The molecule has 0 bridgehead atoms. The van der Waals surface area contributed by atoms with E-state index >= 15 is 0 Å². The van der Waals surface area contributed by atoms with E-state index in [9.17, 15) is 9.18 Å². The van der Waals surface area contributed by atoms with Gasteiger partial charge in [0.25, 0.3) is 5.91 Å². The Morgan fingerprint density at radius 2 is 1.85 bits per heavy atom. The third kappa shape index (κ3) is 5.18. The van der Waals surface area contributed by atoms with Gasteiger partial charge in [0, 0.05) is 29.7 Å². The quantitative estimate of drug-likeness (QED) is 0.489. The van der Waals surface area contributed by atoms with Gasteiger partial charge in [-0.05, 0) is 72.5 Å². The predicted octanol–water partition coefficient (Wildman–Crippen LogP) is 5.41. The van der Waals surface area contributed by atoms with Crippen LogP contribution >= 0.6 is 11.6 Å². The number of carbonyl (C=O) groups is 1. The lowest BCUT2D eigenvalue weighted by Crippen LogP contribution is -2.47. The first-order chi connectivity index (χ1) is 16.4. The van der Waals surface area contributed by atoms with E-state index < -0.39 is 0 Å². The summed E-state index contributed by atoms with van der Waals surface area (Å²) in [6.07, 6.45) is 0.802. The van der Waals surface area contributed by atoms with Crippen LogP contribution in [0.4, 0.5) is 4.39 Å². The Hall–Kier alpha value is -3.09. The van der Waals surface area contributed by atoms with Crippen molar-refractivity contribution in [3.05, 3.63) is 93.8 Å². The molecule has 1 amide bonds. The van der Waals surface area contributed by atoms with Gasteiger partial charge in [-0.1, -0.05) is 29.8 Å². The van der Waals surface area contributed by atoms with E-state index in [0.717, 1.165) is 29.7 Å². The van der Waals surface area contributed by atoms with Gasteiger partial charge in [-0.3, -0.25) is 9.69 Å². The van der Waals surface area contributed by atoms with E-state index in [0.29, 0.717) is 28.6 Å². The highest BCUT2D eigenvalue weighted by Crippen LogP contribution is 2.40. The van der Waals surface area contributed by atoms with Gasteiger partial charge in [0.2, 0.25) is 0 Å². The van der Waals surface area contributed by atoms with Crippen molar-refractivity contribution < 1.29 is 18.7 Å². The molecule has 7 heteroatoms. The van der Waals surface area contributed by atoms with Crippen LogP contribution in [0.1, 0.15) is 40.0 Å². The molecule has 1 aliphatic heterocycles. The number of hydrogen-bond acceptors (Lipinski definition) is 4. The lowest BCUT2D eigenvalue weighted by Gasteiger charge is -2.41. The van der Waals surface area contributed by atoms with Gasteiger partial charge < -0.3 is 14.8 Å². The zero-order chi connectivity index (χ0) is 24.2. The van der Waals surface area contributed by atoms with E-state index in [1.165, 1.54) is 6.07 Å². The summed E-state index contributed by atoms with van der Waals surface area (Å²) in [6, 6.07) is 17.1. The highest BCUT2D eigenvalue weighted by molar-refractivity contribution is 6.30. The number of hydrogen-bond donors (Lipinski definition) is 1. The number of halogens is 2. The Balaban J connectivity index is 1.69. The molecule has 3 aromatic carbocycles. The van der Waals surface area contributed by atoms with Gasteiger partial charge in [-0.15, -0.1) is 0 Å². The van der Waals surface area contributed by atoms with Gasteiger partial charge in [-0.25, -0.2) is 4.39 Å². The smallest absolute Gasteiger partial charge is 0.251 e.